The molecule has 2 aromatic heterocycles. The van der Waals surface area contributed by atoms with Crippen LogP contribution < -0.4 is 16.6 Å². The van der Waals surface area contributed by atoms with E-state index in [4.69, 9.17) is 5.84 Å². The number of hydrazine groups is 1. The molecule has 0 spiro atoms. The van der Waals surface area contributed by atoms with Crippen LogP contribution in [0.25, 0.3) is 0 Å². The number of rotatable bonds is 6. The maximum atomic E-state index is 5.53. The maximum absolute atomic E-state index is 5.53. The molecule has 0 bridgehead atoms. The van der Waals surface area contributed by atoms with Gasteiger partial charge in [0.2, 0.25) is 0 Å². The van der Waals surface area contributed by atoms with Gasteiger partial charge in [0.05, 0.1) is 0 Å². The van der Waals surface area contributed by atoms with Crippen LogP contribution in [0.4, 0.5) is 11.6 Å². The summed E-state index contributed by atoms with van der Waals surface area (Å²) in [6.45, 7) is 6.95. The van der Waals surface area contributed by atoms with Crippen molar-refractivity contribution in [3.63, 3.8) is 0 Å². The van der Waals surface area contributed by atoms with Crippen molar-refractivity contribution in [2.75, 3.05) is 17.3 Å². The lowest BCUT2D eigenvalue weighted by molar-refractivity contribution is 0.772. The van der Waals surface area contributed by atoms with Gasteiger partial charge in [-0.3, -0.25) is 0 Å². The molecule has 0 saturated carbocycles. The number of nitrogen functional groups attached to an aromatic ring is 1. The molecular weight excluding hydrogens is 270 g/mol. The first kappa shape index (κ1) is 14.7. The number of anilines is 2. The van der Waals surface area contributed by atoms with Crippen molar-refractivity contribution in [2.45, 2.75) is 33.1 Å². The maximum Gasteiger partial charge on any atom is 0.148 e. The number of nitrogens with two attached hydrogens (primary N) is 1. The van der Waals surface area contributed by atoms with Crippen molar-refractivity contribution < 1.29 is 0 Å². The van der Waals surface area contributed by atoms with Crippen molar-refractivity contribution >= 4 is 23.0 Å². The van der Waals surface area contributed by atoms with Crippen LogP contribution in [0.2, 0.25) is 0 Å². The van der Waals surface area contributed by atoms with Gasteiger partial charge in [-0.15, -0.1) is 0 Å². The van der Waals surface area contributed by atoms with Gasteiger partial charge in [-0.25, -0.2) is 15.8 Å². The van der Waals surface area contributed by atoms with Crippen LogP contribution >= 0.6 is 11.3 Å². The van der Waals surface area contributed by atoms with Crippen LogP contribution in [0.1, 0.15) is 36.7 Å². The van der Waals surface area contributed by atoms with E-state index in [9.17, 15) is 0 Å². The highest BCUT2D eigenvalue weighted by atomic mass is 32.1. The first-order valence-electron chi connectivity index (χ1n) is 6.72. The molecule has 0 saturated heterocycles. The molecule has 0 fully saturated rings. The van der Waals surface area contributed by atoms with E-state index in [1.165, 1.54) is 5.56 Å². The van der Waals surface area contributed by atoms with E-state index < -0.39 is 0 Å². The van der Waals surface area contributed by atoms with Gasteiger partial charge in [0.25, 0.3) is 0 Å². The Labute approximate surface area is 123 Å². The smallest absolute Gasteiger partial charge is 0.148 e. The summed E-state index contributed by atoms with van der Waals surface area (Å²) in [5.41, 5.74) is 4.93. The molecule has 0 atom stereocenters. The molecule has 0 unspecified atom stereocenters. The van der Waals surface area contributed by atoms with E-state index >= 15 is 0 Å². The standard InChI is InChI=1S/C14H21N5S/c1-9(2)12-17-13(10(3)14(18-12)19-15)16-6-4-11-5-7-20-8-11/h5,7-9H,4,6,15H2,1-3H3,(H2,16,17,18,19). The van der Waals surface area contributed by atoms with E-state index in [1.807, 2.05) is 6.92 Å². The van der Waals surface area contributed by atoms with Crippen LogP contribution in [0.3, 0.4) is 0 Å². The lowest BCUT2D eigenvalue weighted by Crippen LogP contribution is -2.16. The summed E-state index contributed by atoms with van der Waals surface area (Å²) < 4.78 is 0. The van der Waals surface area contributed by atoms with Gasteiger partial charge in [-0.05, 0) is 35.7 Å². The number of aromatic nitrogens is 2. The minimum absolute atomic E-state index is 0.264. The Morgan fingerprint density at radius 3 is 2.65 bits per heavy atom. The molecule has 0 aliphatic carbocycles. The van der Waals surface area contributed by atoms with Crippen molar-refractivity contribution in [3.8, 4) is 0 Å². The zero-order chi connectivity index (χ0) is 14.5. The Kier molecular flexibility index (Phi) is 4.92. The van der Waals surface area contributed by atoms with Gasteiger partial charge in [-0.1, -0.05) is 13.8 Å². The summed E-state index contributed by atoms with van der Waals surface area (Å²) in [6, 6.07) is 2.14. The number of nitrogens with zero attached hydrogens (tertiary/aromatic N) is 2. The minimum atomic E-state index is 0.264. The Morgan fingerprint density at radius 1 is 1.30 bits per heavy atom. The SMILES string of the molecule is Cc1c(NN)nc(C(C)C)nc1NCCc1ccsc1. The molecule has 0 aliphatic rings. The topological polar surface area (TPSA) is 75.9 Å². The normalized spacial score (nSPS) is 10.8. The Bertz CT molecular complexity index is 551. The van der Waals surface area contributed by atoms with Gasteiger partial charge in [0.1, 0.15) is 17.5 Å². The van der Waals surface area contributed by atoms with E-state index in [-0.39, 0.29) is 5.92 Å². The molecule has 108 valence electrons. The summed E-state index contributed by atoms with van der Waals surface area (Å²) in [4.78, 5) is 9.01. The highest BCUT2D eigenvalue weighted by molar-refractivity contribution is 7.07. The summed E-state index contributed by atoms with van der Waals surface area (Å²) in [5, 5.41) is 7.64. The van der Waals surface area contributed by atoms with Crippen LogP contribution in [0, 0.1) is 6.92 Å². The molecule has 2 heterocycles. The van der Waals surface area contributed by atoms with Crippen molar-refractivity contribution in [2.24, 2.45) is 5.84 Å². The van der Waals surface area contributed by atoms with Crippen LogP contribution in [-0.4, -0.2) is 16.5 Å². The van der Waals surface area contributed by atoms with Gasteiger partial charge < -0.3 is 10.7 Å². The van der Waals surface area contributed by atoms with Crippen molar-refractivity contribution in [1.82, 2.24) is 9.97 Å². The highest BCUT2D eigenvalue weighted by Crippen LogP contribution is 2.22. The van der Waals surface area contributed by atoms with E-state index in [0.29, 0.717) is 5.82 Å². The Hall–Kier alpha value is -1.66. The van der Waals surface area contributed by atoms with Gasteiger partial charge >= 0.3 is 0 Å². The third kappa shape index (κ3) is 3.46. The van der Waals surface area contributed by atoms with Gasteiger partial charge in [0.15, 0.2) is 0 Å². The molecule has 5 nitrogen and oxygen atoms in total. The zero-order valence-electron chi connectivity index (χ0n) is 12.1. The molecule has 6 heteroatoms. The molecule has 0 aromatic carbocycles. The van der Waals surface area contributed by atoms with E-state index in [1.54, 1.807) is 11.3 Å². The molecule has 0 radical (unpaired) electrons. The Balaban J connectivity index is 2.11. The van der Waals surface area contributed by atoms with Crippen LogP contribution in [-0.2, 0) is 6.42 Å². The second-order valence-electron chi connectivity index (χ2n) is 5.01. The fourth-order valence-electron chi connectivity index (χ4n) is 1.86. The number of thiophene rings is 1. The number of hydrogen-bond acceptors (Lipinski definition) is 6. The second-order valence-corrected chi connectivity index (χ2v) is 5.79. The summed E-state index contributed by atoms with van der Waals surface area (Å²) in [7, 11) is 0. The first-order chi connectivity index (χ1) is 9.61. The monoisotopic (exact) mass is 291 g/mol. The van der Waals surface area contributed by atoms with E-state index in [2.05, 4.69) is 51.4 Å². The lowest BCUT2D eigenvalue weighted by atomic mass is 10.2. The van der Waals surface area contributed by atoms with E-state index in [0.717, 1.165) is 30.2 Å². The highest BCUT2D eigenvalue weighted by Gasteiger charge is 2.12. The van der Waals surface area contributed by atoms with Crippen molar-refractivity contribution in [1.29, 1.82) is 0 Å². The molecule has 0 amide bonds. The predicted molar refractivity (Wildman–Crippen MR) is 85.2 cm³/mol. The van der Waals surface area contributed by atoms with Crippen molar-refractivity contribution in [3.05, 3.63) is 33.8 Å². The summed E-state index contributed by atoms with van der Waals surface area (Å²) in [6.07, 6.45) is 0.981. The number of hydrogen-bond donors (Lipinski definition) is 3. The van der Waals surface area contributed by atoms with Crippen LogP contribution in [0.5, 0.6) is 0 Å². The molecular formula is C14H21N5S. The summed E-state index contributed by atoms with van der Waals surface area (Å²) in [5.74, 6) is 8.12. The fraction of sp³-hybridized carbons (Fsp3) is 0.429. The average Bonchev–Trinajstić information content (AvgIpc) is 2.93. The predicted octanol–water partition coefficient (Wildman–Crippen LogP) is 2.91. The minimum Gasteiger partial charge on any atom is -0.369 e. The third-order valence-electron chi connectivity index (χ3n) is 3.10. The second kappa shape index (κ2) is 6.67. The molecule has 0 aliphatic heterocycles. The third-order valence-corrected chi connectivity index (χ3v) is 3.83. The molecule has 20 heavy (non-hydrogen) atoms. The molecule has 2 aromatic rings. The summed E-state index contributed by atoms with van der Waals surface area (Å²) >= 11 is 1.72. The van der Waals surface area contributed by atoms with Gasteiger partial charge in [-0.2, -0.15) is 11.3 Å². The quantitative estimate of drug-likeness (QED) is 0.563. The largest absolute Gasteiger partial charge is 0.369 e. The fourth-order valence-corrected chi connectivity index (χ4v) is 2.57. The number of nitrogens with one attached hydrogen (secondary N) is 2. The molecule has 2 rings (SSSR count). The van der Waals surface area contributed by atoms with Crippen LogP contribution in [0.15, 0.2) is 16.8 Å². The Morgan fingerprint density at radius 2 is 2.05 bits per heavy atom. The lowest BCUT2D eigenvalue weighted by Gasteiger charge is -2.14. The average molecular weight is 291 g/mol. The molecule has 4 N–H and O–H groups in total. The zero-order valence-corrected chi connectivity index (χ0v) is 12.9. The first-order valence-corrected chi connectivity index (χ1v) is 7.66. The van der Waals surface area contributed by atoms with Gasteiger partial charge in [0, 0.05) is 18.0 Å².